The van der Waals surface area contributed by atoms with Gasteiger partial charge in [0.1, 0.15) is 0 Å². The summed E-state index contributed by atoms with van der Waals surface area (Å²) < 4.78 is 0. The van der Waals surface area contributed by atoms with Crippen LogP contribution in [0.15, 0.2) is 29.2 Å². The zero-order valence-corrected chi connectivity index (χ0v) is 11.4. The Kier molecular flexibility index (Phi) is 5.16. The number of nitrogens with one attached hydrogen (secondary N) is 2. The highest BCUT2D eigenvalue weighted by molar-refractivity contribution is 7.99. The highest BCUT2D eigenvalue weighted by Crippen LogP contribution is 2.20. The van der Waals surface area contributed by atoms with Crippen LogP contribution >= 0.6 is 11.8 Å². The maximum Gasteiger partial charge on any atom is 0.0341 e. The number of benzene rings is 1. The van der Waals surface area contributed by atoms with Gasteiger partial charge in [0, 0.05) is 22.7 Å². The summed E-state index contributed by atoms with van der Waals surface area (Å²) in [6.45, 7) is 7.46. The molecule has 0 radical (unpaired) electrons. The van der Waals surface area contributed by atoms with E-state index in [1.807, 2.05) is 18.8 Å². The zero-order chi connectivity index (χ0) is 12.0. The lowest BCUT2D eigenvalue weighted by molar-refractivity contribution is 0.448. The summed E-state index contributed by atoms with van der Waals surface area (Å²) in [6, 6.07) is 8.62. The first-order valence-corrected chi connectivity index (χ1v) is 6.71. The van der Waals surface area contributed by atoms with E-state index in [9.17, 15) is 0 Å². The van der Waals surface area contributed by atoms with Gasteiger partial charge in [-0.15, -0.1) is 11.8 Å². The lowest BCUT2D eigenvalue weighted by atomic mass is 10.1. The topological polar surface area (TPSA) is 24.1 Å². The molecular formula is C13H22N2S. The first-order chi connectivity index (χ1) is 7.57. The van der Waals surface area contributed by atoms with E-state index in [0.717, 1.165) is 12.3 Å². The fraction of sp³-hybridized carbons (Fsp3) is 0.538. The Hall–Kier alpha value is -0.670. The summed E-state index contributed by atoms with van der Waals surface area (Å²) in [5, 5.41) is 6.71. The predicted octanol–water partition coefficient (Wildman–Crippen LogP) is 3.21. The molecule has 2 N–H and O–H groups in total. The summed E-state index contributed by atoms with van der Waals surface area (Å²) in [7, 11) is 1.99. The summed E-state index contributed by atoms with van der Waals surface area (Å²) in [5.74, 6) is 1.12. The van der Waals surface area contributed by atoms with E-state index in [2.05, 4.69) is 55.7 Å². The maximum atomic E-state index is 3.43. The Morgan fingerprint density at radius 1 is 1.19 bits per heavy atom. The van der Waals surface area contributed by atoms with Crippen LogP contribution in [0.2, 0.25) is 0 Å². The van der Waals surface area contributed by atoms with Gasteiger partial charge in [0.05, 0.1) is 0 Å². The second-order valence-electron chi connectivity index (χ2n) is 4.44. The molecule has 0 aliphatic carbocycles. The predicted molar refractivity (Wildman–Crippen MR) is 74.5 cm³/mol. The van der Waals surface area contributed by atoms with Crippen LogP contribution in [0.4, 0.5) is 5.69 Å². The van der Waals surface area contributed by atoms with Crippen molar-refractivity contribution >= 4 is 17.4 Å². The van der Waals surface area contributed by atoms with E-state index >= 15 is 0 Å². The van der Waals surface area contributed by atoms with Crippen molar-refractivity contribution in [2.75, 3.05) is 24.7 Å². The number of hydrogen-bond acceptors (Lipinski definition) is 3. The Bertz CT molecular complexity index is 306. The molecule has 0 aromatic heterocycles. The van der Waals surface area contributed by atoms with Crippen molar-refractivity contribution in [2.24, 2.45) is 0 Å². The first kappa shape index (κ1) is 13.4. The molecule has 2 nitrogen and oxygen atoms in total. The van der Waals surface area contributed by atoms with Crippen molar-refractivity contribution in [3.05, 3.63) is 24.3 Å². The minimum Gasteiger partial charge on any atom is -0.383 e. The molecule has 0 aliphatic rings. The van der Waals surface area contributed by atoms with Crippen molar-refractivity contribution in [2.45, 2.75) is 31.2 Å². The van der Waals surface area contributed by atoms with Crippen molar-refractivity contribution in [3.8, 4) is 0 Å². The van der Waals surface area contributed by atoms with E-state index in [1.54, 1.807) is 0 Å². The molecule has 0 amide bonds. The molecule has 1 rings (SSSR count). The molecule has 0 saturated carbocycles. The molecule has 0 saturated heterocycles. The number of anilines is 1. The van der Waals surface area contributed by atoms with E-state index in [-0.39, 0.29) is 5.54 Å². The second kappa shape index (κ2) is 6.16. The van der Waals surface area contributed by atoms with Gasteiger partial charge in [0.2, 0.25) is 0 Å². The monoisotopic (exact) mass is 238 g/mol. The normalized spacial score (nSPS) is 11.5. The van der Waals surface area contributed by atoms with E-state index in [1.165, 1.54) is 10.6 Å². The van der Waals surface area contributed by atoms with E-state index < -0.39 is 0 Å². The summed E-state index contributed by atoms with van der Waals surface area (Å²) in [5.41, 5.74) is 1.31. The van der Waals surface area contributed by atoms with Crippen molar-refractivity contribution in [1.82, 2.24) is 5.32 Å². The molecule has 0 unspecified atom stereocenters. The third-order valence-electron chi connectivity index (χ3n) is 2.58. The fourth-order valence-corrected chi connectivity index (χ4v) is 1.91. The van der Waals surface area contributed by atoms with Gasteiger partial charge in [-0.05, 0) is 50.9 Å². The van der Waals surface area contributed by atoms with E-state index in [4.69, 9.17) is 0 Å². The summed E-state index contributed by atoms with van der Waals surface area (Å²) in [6.07, 6.45) is 0. The molecule has 0 bridgehead atoms. The molecule has 16 heavy (non-hydrogen) atoms. The van der Waals surface area contributed by atoms with Gasteiger partial charge in [-0.1, -0.05) is 6.92 Å². The number of rotatable bonds is 6. The Labute approximate surface area is 103 Å². The van der Waals surface area contributed by atoms with Gasteiger partial charge in [-0.2, -0.15) is 0 Å². The molecule has 1 aromatic carbocycles. The fourth-order valence-electron chi connectivity index (χ4n) is 1.25. The summed E-state index contributed by atoms with van der Waals surface area (Å²) in [4.78, 5) is 1.33. The van der Waals surface area contributed by atoms with E-state index in [0.29, 0.717) is 0 Å². The maximum absolute atomic E-state index is 3.43. The lowest BCUT2D eigenvalue weighted by Crippen LogP contribution is -2.42. The molecule has 0 fully saturated rings. The SMILES string of the molecule is CCSc1ccc(NCC(C)(C)NC)cc1. The smallest absolute Gasteiger partial charge is 0.0341 e. The third kappa shape index (κ3) is 4.45. The molecule has 0 atom stereocenters. The lowest BCUT2D eigenvalue weighted by Gasteiger charge is -2.24. The molecule has 1 aromatic rings. The second-order valence-corrected chi connectivity index (χ2v) is 5.78. The van der Waals surface area contributed by atoms with Crippen LogP contribution in [0.3, 0.4) is 0 Å². The van der Waals surface area contributed by atoms with Crippen molar-refractivity contribution in [1.29, 1.82) is 0 Å². The molecular weight excluding hydrogens is 216 g/mol. The van der Waals surface area contributed by atoms with Crippen LogP contribution in [-0.4, -0.2) is 24.9 Å². The Morgan fingerprint density at radius 3 is 2.31 bits per heavy atom. The van der Waals surface area contributed by atoms with Gasteiger partial charge in [0.15, 0.2) is 0 Å². The first-order valence-electron chi connectivity index (χ1n) is 5.73. The average Bonchev–Trinajstić information content (AvgIpc) is 2.29. The highest BCUT2D eigenvalue weighted by atomic mass is 32.2. The van der Waals surface area contributed by atoms with Gasteiger partial charge < -0.3 is 10.6 Å². The van der Waals surface area contributed by atoms with Crippen LogP contribution < -0.4 is 10.6 Å². The van der Waals surface area contributed by atoms with Gasteiger partial charge in [-0.25, -0.2) is 0 Å². The van der Waals surface area contributed by atoms with Crippen molar-refractivity contribution in [3.63, 3.8) is 0 Å². The summed E-state index contributed by atoms with van der Waals surface area (Å²) >= 11 is 1.87. The molecule has 0 aliphatic heterocycles. The van der Waals surface area contributed by atoms with Crippen molar-refractivity contribution < 1.29 is 0 Å². The van der Waals surface area contributed by atoms with Crippen LogP contribution in [0.5, 0.6) is 0 Å². The third-order valence-corrected chi connectivity index (χ3v) is 3.47. The molecule has 0 heterocycles. The number of thioether (sulfide) groups is 1. The molecule has 90 valence electrons. The van der Waals surface area contributed by atoms with Gasteiger partial charge >= 0.3 is 0 Å². The standard InChI is InChI=1S/C13H22N2S/c1-5-16-12-8-6-11(7-9-12)15-10-13(2,3)14-4/h6-9,14-15H,5,10H2,1-4H3. The molecule has 0 spiro atoms. The number of hydrogen-bond donors (Lipinski definition) is 2. The molecule has 3 heteroatoms. The van der Waals surface area contributed by atoms with Crippen LogP contribution in [0.1, 0.15) is 20.8 Å². The Morgan fingerprint density at radius 2 is 1.81 bits per heavy atom. The van der Waals surface area contributed by atoms with Crippen LogP contribution in [0.25, 0.3) is 0 Å². The zero-order valence-electron chi connectivity index (χ0n) is 10.6. The van der Waals surface area contributed by atoms with Gasteiger partial charge in [0.25, 0.3) is 0 Å². The average molecular weight is 238 g/mol. The quantitative estimate of drug-likeness (QED) is 0.744. The van der Waals surface area contributed by atoms with Crippen LogP contribution in [-0.2, 0) is 0 Å². The minimum absolute atomic E-state index is 0.122. The largest absolute Gasteiger partial charge is 0.383 e. The van der Waals surface area contributed by atoms with Gasteiger partial charge in [-0.3, -0.25) is 0 Å². The minimum atomic E-state index is 0.122. The highest BCUT2D eigenvalue weighted by Gasteiger charge is 2.13. The Balaban J connectivity index is 2.49. The number of likely N-dealkylation sites (N-methyl/N-ethyl adjacent to an activating group) is 1. The van der Waals surface area contributed by atoms with Crippen LogP contribution in [0, 0.1) is 0 Å².